The van der Waals surface area contributed by atoms with Gasteiger partial charge >= 0.3 is 0 Å². The molecule has 0 saturated carbocycles. The Balaban J connectivity index is 0.000000917. The second kappa shape index (κ2) is 10.0. The Bertz CT molecular complexity index is 516. The first-order valence-electron chi connectivity index (χ1n) is 5.90. The van der Waals surface area contributed by atoms with Crippen LogP contribution in [-0.2, 0) is 6.42 Å². The molecular formula is C14H18NOSYb-. The molecule has 0 atom stereocenters. The van der Waals surface area contributed by atoms with Crippen LogP contribution >= 0.6 is 11.3 Å². The molecule has 0 unspecified atom stereocenters. The summed E-state index contributed by atoms with van der Waals surface area (Å²) in [7, 11) is 0. The van der Waals surface area contributed by atoms with Gasteiger partial charge in [0.05, 0.1) is 0 Å². The maximum Gasteiger partial charge on any atom is 0.116 e. The SMILES string of the molecule is CC.CCc1ccccc1N=c1oc(C)[c-]s1.[Yb]. The summed E-state index contributed by atoms with van der Waals surface area (Å²) in [4.78, 5) is 5.11. The van der Waals surface area contributed by atoms with Crippen LogP contribution in [0.25, 0.3) is 0 Å². The molecule has 0 radical (unpaired) electrons. The molecule has 2 nitrogen and oxygen atoms in total. The van der Waals surface area contributed by atoms with Crippen LogP contribution in [0.1, 0.15) is 32.1 Å². The summed E-state index contributed by atoms with van der Waals surface area (Å²) in [5.74, 6) is 0.785. The van der Waals surface area contributed by atoms with Crippen molar-refractivity contribution >= 4 is 17.0 Å². The zero-order chi connectivity index (χ0) is 12.7. The first kappa shape index (κ1) is 18.2. The smallest absolute Gasteiger partial charge is 0.116 e. The van der Waals surface area contributed by atoms with Crippen LogP contribution in [0, 0.1) is 59.2 Å². The summed E-state index contributed by atoms with van der Waals surface area (Å²) in [6, 6.07) is 8.11. The monoisotopic (exact) mass is 422 g/mol. The molecule has 2 aromatic rings. The van der Waals surface area contributed by atoms with E-state index in [1.807, 2.05) is 39.0 Å². The van der Waals surface area contributed by atoms with Gasteiger partial charge in [0.25, 0.3) is 0 Å². The summed E-state index contributed by atoms with van der Waals surface area (Å²) in [6.07, 6.45) is 0.980. The van der Waals surface area contributed by atoms with E-state index < -0.39 is 0 Å². The molecule has 0 spiro atoms. The van der Waals surface area contributed by atoms with Crippen LogP contribution < -0.4 is 4.87 Å². The molecule has 2 rings (SSSR count). The molecule has 0 aliphatic rings. The standard InChI is InChI=1S/C12H12NOS.C2H6.Yb/c1-3-10-6-4-5-7-11(10)13-12-14-9(2)8-15-12;1-2;/h4-7H,3H2,1-2H3;1-2H3;/q-1;;. The van der Waals surface area contributed by atoms with Gasteiger partial charge in [0.2, 0.25) is 0 Å². The minimum Gasteiger partial charge on any atom is -0.539 e. The van der Waals surface area contributed by atoms with Gasteiger partial charge in [0, 0.05) is 52.6 Å². The zero-order valence-corrected chi connectivity index (χ0v) is 13.6. The van der Waals surface area contributed by atoms with Crippen LogP contribution in [0.2, 0.25) is 0 Å². The van der Waals surface area contributed by atoms with Crippen molar-refractivity contribution in [3.63, 3.8) is 0 Å². The topological polar surface area (TPSA) is 25.5 Å². The van der Waals surface area contributed by atoms with E-state index in [0.717, 1.165) is 17.9 Å². The molecule has 0 aliphatic heterocycles. The molecular weight excluding hydrogens is 403 g/mol. The van der Waals surface area contributed by atoms with Crippen molar-refractivity contribution in [2.45, 2.75) is 34.1 Å². The third kappa shape index (κ3) is 5.43. The predicted molar refractivity (Wildman–Crippen MR) is 72.5 cm³/mol. The first-order chi connectivity index (χ1) is 8.29. The third-order valence-electron chi connectivity index (χ3n) is 2.11. The van der Waals surface area contributed by atoms with E-state index >= 15 is 0 Å². The van der Waals surface area contributed by atoms with Crippen LogP contribution in [0.15, 0.2) is 33.7 Å². The second-order valence-electron chi connectivity index (χ2n) is 3.22. The maximum atomic E-state index is 5.38. The van der Waals surface area contributed by atoms with Crippen LogP contribution in [-0.4, -0.2) is 0 Å². The van der Waals surface area contributed by atoms with E-state index in [4.69, 9.17) is 4.42 Å². The van der Waals surface area contributed by atoms with Gasteiger partial charge in [-0.15, -0.1) is 5.38 Å². The predicted octanol–water partition coefficient (Wildman–Crippen LogP) is 4.27. The summed E-state index contributed by atoms with van der Waals surface area (Å²) in [5, 5.41) is 3.01. The number of hydrogen-bond donors (Lipinski definition) is 0. The van der Waals surface area contributed by atoms with Gasteiger partial charge in [-0.2, -0.15) is 0 Å². The fraction of sp³-hybridized carbons (Fsp3) is 0.357. The van der Waals surface area contributed by atoms with Gasteiger partial charge in [-0.1, -0.05) is 39.0 Å². The zero-order valence-electron chi connectivity index (χ0n) is 11.0. The van der Waals surface area contributed by atoms with E-state index in [9.17, 15) is 0 Å². The average molecular weight is 421 g/mol. The summed E-state index contributed by atoms with van der Waals surface area (Å²) < 4.78 is 5.38. The molecule has 1 aromatic carbocycles. The van der Waals surface area contributed by atoms with Crippen molar-refractivity contribution in [1.29, 1.82) is 0 Å². The largest absolute Gasteiger partial charge is 0.539 e. The van der Waals surface area contributed by atoms with Crippen molar-refractivity contribution in [1.82, 2.24) is 0 Å². The number of benzene rings is 1. The Kier molecular flexibility index (Phi) is 10.1. The van der Waals surface area contributed by atoms with Gasteiger partial charge in [-0.3, -0.25) is 16.3 Å². The van der Waals surface area contributed by atoms with E-state index in [1.165, 1.54) is 16.9 Å². The summed E-state index contributed by atoms with van der Waals surface area (Å²) >= 11 is 1.41. The van der Waals surface area contributed by atoms with Crippen molar-refractivity contribution in [2.75, 3.05) is 0 Å². The Hall–Kier alpha value is 0.169. The molecule has 1 aromatic heterocycles. The first-order valence-corrected chi connectivity index (χ1v) is 6.72. The number of aryl methyl sites for hydroxylation is 2. The van der Waals surface area contributed by atoms with E-state index in [1.54, 1.807) is 0 Å². The van der Waals surface area contributed by atoms with Gasteiger partial charge in [-0.05, 0) is 30.7 Å². The molecule has 0 bridgehead atoms. The molecule has 18 heavy (non-hydrogen) atoms. The van der Waals surface area contributed by atoms with Gasteiger partial charge in [0.15, 0.2) is 0 Å². The molecule has 0 saturated heterocycles. The van der Waals surface area contributed by atoms with Gasteiger partial charge in [-0.25, -0.2) is 0 Å². The van der Waals surface area contributed by atoms with Crippen LogP contribution in [0.4, 0.5) is 5.69 Å². The van der Waals surface area contributed by atoms with E-state index in [-0.39, 0.29) is 46.9 Å². The number of hydrogen-bond acceptors (Lipinski definition) is 3. The third-order valence-corrected chi connectivity index (χ3v) is 2.85. The molecule has 0 fully saturated rings. The van der Waals surface area contributed by atoms with Crippen molar-refractivity contribution in [3.05, 3.63) is 45.8 Å². The Morgan fingerprint density at radius 2 is 1.94 bits per heavy atom. The minimum absolute atomic E-state index is 0. The Labute approximate surface area is 151 Å². The van der Waals surface area contributed by atoms with E-state index in [2.05, 4.69) is 23.4 Å². The van der Waals surface area contributed by atoms with Crippen molar-refractivity contribution < 1.29 is 51.3 Å². The van der Waals surface area contributed by atoms with Gasteiger partial charge < -0.3 is 4.42 Å². The quantitative estimate of drug-likeness (QED) is 0.665. The molecule has 0 aliphatic carbocycles. The van der Waals surface area contributed by atoms with Gasteiger partial charge in [0.1, 0.15) is 4.87 Å². The molecule has 0 amide bonds. The number of para-hydroxylation sites is 1. The maximum absolute atomic E-state index is 5.38. The fourth-order valence-corrected chi connectivity index (χ4v) is 1.93. The van der Waals surface area contributed by atoms with E-state index in [0.29, 0.717) is 4.87 Å². The number of rotatable bonds is 2. The molecule has 4 heteroatoms. The summed E-state index contributed by atoms with van der Waals surface area (Å²) in [6.45, 7) is 8.00. The Morgan fingerprint density at radius 1 is 1.28 bits per heavy atom. The number of nitrogens with zero attached hydrogens (tertiary/aromatic N) is 1. The Morgan fingerprint density at radius 3 is 2.50 bits per heavy atom. The normalized spacial score (nSPS) is 10.3. The summed E-state index contributed by atoms with van der Waals surface area (Å²) in [5.41, 5.74) is 2.22. The van der Waals surface area contributed by atoms with Crippen LogP contribution in [0.3, 0.4) is 0 Å². The van der Waals surface area contributed by atoms with Crippen LogP contribution in [0.5, 0.6) is 0 Å². The fourth-order valence-electron chi connectivity index (χ4n) is 1.35. The molecule has 106 valence electrons. The molecule has 0 N–H and O–H groups in total. The second-order valence-corrected chi connectivity index (χ2v) is 3.98. The average Bonchev–Trinajstić information content (AvgIpc) is 2.78. The van der Waals surface area contributed by atoms with Crippen molar-refractivity contribution in [2.24, 2.45) is 4.99 Å². The van der Waals surface area contributed by atoms with Crippen molar-refractivity contribution in [3.8, 4) is 0 Å². The minimum atomic E-state index is 0. The molecule has 1 heterocycles.